The van der Waals surface area contributed by atoms with Gasteiger partial charge < -0.3 is 9.84 Å². The van der Waals surface area contributed by atoms with Gasteiger partial charge in [0, 0.05) is 24.2 Å². The number of nitrogens with zero attached hydrogens (tertiary/aromatic N) is 2. The van der Waals surface area contributed by atoms with E-state index < -0.39 is 15.8 Å². The second-order valence-electron chi connectivity index (χ2n) is 7.61. The molecule has 3 aromatic rings. The molecule has 1 aromatic heterocycles. The van der Waals surface area contributed by atoms with Crippen LogP contribution >= 0.6 is 0 Å². The monoisotopic (exact) mass is 425 g/mol. The zero-order chi connectivity index (χ0) is 21.3. The zero-order valence-electron chi connectivity index (χ0n) is 16.5. The lowest BCUT2D eigenvalue weighted by Gasteiger charge is -2.35. The SMILES string of the molecule is CC1c2ccc(cc2)OC(Cc2ccnc(CS(N)(=O)=O)n2)C1c1ccc(O)cc1. The average Bonchev–Trinajstić information content (AvgIpc) is 2.68. The van der Waals surface area contributed by atoms with Gasteiger partial charge in [0.1, 0.15) is 29.2 Å². The van der Waals surface area contributed by atoms with Gasteiger partial charge in [-0.1, -0.05) is 31.2 Å². The fourth-order valence-corrected chi connectivity index (χ4v) is 4.51. The first kappa shape index (κ1) is 20.3. The number of hydrogen-bond acceptors (Lipinski definition) is 6. The van der Waals surface area contributed by atoms with Crippen molar-refractivity contribution in [3.05, 3.63) is 83.4 Å². The number of phenolic OH excluding ortho intramolecular Hbond substituents is 1. The number of rotatable bonds is 5. The van der Waals surface area contributed by atoms with Crippen molar-refractivity contribution in [1.82, 2.24) is 9.97 Å². The number of aromatic nitrogens is 2. The Kier molecular flexibility index (Phi) is 5.44. The first-order valence-corrected chi connectivity index (χ1v) is 11.4. The summed E-state index contributed by atoms with van der Waals surface area (Å²) >= 11 is 0. The van der Waals surface area contributed by atoms with Crippen molar-refractivity contribution in [3.63, 3.8) is 0 Å². The molecule has 5 rings (SSSR count). The molecular formula is C22H23N3O4S. The van der Waals surface area contributed by atoms with Crippen LogP contribution in [-0.4, -0.2) is 29.6 Å². The van der Waals surface area contributed by atoms with Gasteiger partial charge in [-0.25, -0.2) is 23.5 Å². The number of primary sulfonamides is 1. The lowest BCUT2D eigenvalue weighted by atomic mass is 9.77. The average molecular weight is 426 g/mol. The van der Waals surface area contributed by atoms with Crippen LogP contribution in [0.15, 0.2) is 60.8 Å². The number of benzene rings is 2. The Bertz CT molecular complexity index is 1130. The van der Waals surface area contributed by atoms with Gasteiger partial charge in [0.15, 0.2) is 0 Å². The van der Waals surface area contributed by atoms with Gasteiger partial charge >= 0.3 is 0 Å². The molecule has 3 unspecified atom stereocenters. The number of hydrogen-bond donors (Lipinski definition) is 2. The summed E-state index contributed by atoms with van der Waals surface area (Å²) in [6.07, 6.45) is 1.76. The highest BCUT2D eigenvalue weighted by Crippen LogP contribution is 2.41. The molecule has 2 aromatic carbocycles. The molecule has 0 fully saturated rings. The molecule has 3 heterocycles. The number of ether oxygens (including phenoxy) is 1. The highest BCUT2D eigenvalue weighted by atomic mass is 32.2. The molecule has 0 spiro atoms. The van der Waals surface area contributed by atoms with E-state index in [0.717, 1.165) is 11.3 Å². The van der Waals surface area contributed by atoms with Crippen LogP contribution in [0.1, 0.15) is 41.4 Å². The van der Waals surface area contributed by atoms with Crippen molar-refractivity contribution in [1.29, 1.82) is 0 Å². The molecule has 2 aliphatic rings. The Hall–Kier alpha value is -2.97. The maximum atomic E-state index is 11.4. The predicted molar refractivity (Wildman–Crippen MR) is 113 cm³/mol. The van der Waals surface area contributed by atoms with Crippen LogP contribution < -0.4 is 9.88 Å². The third-order valence-corrected chi connectivity index (χ3v) is 6.07. The summed E-state index contributed by atoms with van der Waals surface area (Å²) in [5, 5.41) is 14.8. The van der Waals surface area contributed by atoms with E-state index >= 15 is 0 Å². The Balaban J connectivity index is 1.70. The molecule has 2 aliphatic heterocycles. The summed E-state index contributed by atoms with van der Waals surface area (Å²) in [4.78, 5) is 8.41. The fourth-order valence-electron chi connectivity index (χ4n) is 4.01. The normalized spacial score (nSPS) is 20.9. The van der Waals surface area contributed by atoms with Crippen LogP contribution in [-0.2, 0) is 22.2 Å². The highest BCUT2D eigenvalue weighted by molar-refractivity contribution is 7.88. The van der Waals surface area contributed by atoms with Crippen molar-refractivity contribution in [2.45, 2.75) is 37.0 Å². The van der Waals surface area contributed by atoms with E-state index in [4.69, 9.17) is 9.88 Å². The summed E-state index contributed by atoms with van der Waals surface area (Å²) < 4.78 is 29.2. The van der Waals surface area contributed by atoms with E-state index in [1.807, 2.05) is 24.3 Å². The van der Waals surface area contributed by atoms with Gasteiger partial charge in [-0.05, 0) is 47.4 Å². The van der Waals surface area contributed by atoms with E-state index in [9.17, 15) is 13.5 Å². The Morgan fingerprint density at radius 3 is 2.37 bits per heavy atom. The summed E-state index contributed by atoms with van der Waals surface area (Å²) in [6.45, 7) is 2.15. The van der Waals surface area contributed by atoms with Crippen LogP contribution in [0.25, 0.3) is 0 Å². The lowest BCUT2D eigenvalue weighted by molar-refractivity contribution is 0.153. The van der Waals surface area contributed by atoms with E-state index in [1.54, 1.807) is 24.4 Å². The van der Waals surface area contributed by atoms with Gasteiger partial charge in [-0.3, -0.25) is 0 Å². The first-order chi connectivity index (χ1) is 14.3. The summed E-state index contributed by atoms with van der Waals surface area (Å²) in [6, 6.07) is 17.0. The standard InChI is InChI=1S/C22H23N3O4S/c1-14-15-4-8-19(9-5-15)29-20(22(14)16-2-6-18(26)7-3-16)12-17-10-11-24-21(25-17)13-30(23,27)28/h2-11,14,20,22,26H,12-13H2,1H3,(H2,23,27,28). The zero-order valence-corrected chi connectivity index (χ0v) is 17.3. The summed E-state index contributed by atoms with van der Waals surface area (Å²) in [7, 11) is -3.72. The van der Waals surface area contributed by atoms with E-state index in [1.165, 1.54) is 5.56 Å². The number of aromatic hydroxyl groups is 1. The van der Waals surface area contributed by atoms with Crippen LogP contribution in [0.2, 0.25) is 0 Å². The van der Waals surface area contributed by atoms with Crippen molar-refractivity contribution in [2.75, 3.05) is 0 Å². The van der Waals surface area contributed by atoms with Gasteiger partial charge in [0.05, 0.1) is 0 Å². The molecule has 156 valence electrons. The van der Waals surface area contributed by atoms with Crippen molar-refractivity contribution < 1.29 is 18.3 Å². The molecule has 7 nitrogen and oxygen atoms in total. The predicted octanol–water partition coefficient (Wildman–Crippen LogP) is 2.86. The molecule has 0 saturated heterocycles. The molecule has 0 aliphatic carbocycles. The highest BCUT2D eigenvalue weighted by Gasteiger charge is 2.33. The van der Waals surface area contributed by atoms with Crippen molar-refractivity contribution in [3.8, 4) is 11.5 Å². The lowest BCUT2D eigenvalue weighted by Crippen LogP contribution is -2.33. The molecule has 0 radical (unpaired) electrons. The Labute approximate surface area is 175 Å². The smallest absolute Gasteiger partial charge is 0.216 e. The van der Waals surface area contributed by atoms with E-state index in [2.05, 4.69) is 29.0 Å². The number of sulfonamides is 1. The van der Waals surface area contributed by atoms with Gasteiger partial charge in [0.25, 0.3) is 0 Å². The molecule has 3 atom stereocenters. The third kappa shape index (κ3) is 4.60. The largest absolute Gasteiger partial charge is 0.508 e. The maximum absolute atomic E-state index is 11.4. The van der Waals surface area contributed by atoms with Gasteiger partial charge in [-0.15, -0.1) is 0 Å². The van der Waals surface area contributed by atoms with Crippen molar-refractivity contribution >= 4 is 10.0 Å². The molecule has 0 saturated carbocycles. The summed E-state index contributed by atoms with van der Waals surface area (Å²) in [5.41, 5.74) is 2.92. The van der Waals surface area contributed by atoms with Gasteiger partial charge in [0.2, 0.25) is 10.0 Å². The topological polar surface area (TPSA) is 115 Å². The minimum Gasteiger partial charge on any atom is -0.508 e. The maximum Gasteiger partial charge on any atom is 0.216 e. The van der Waals surface area contributed by atoms with E-state index in [0.29, 0.717) is 12.1 Å². The van der Waals surface area contributed by atoms with Crippen LogP contribution in [0.5, 0.6) is 11.5 Å². The van der Waals surface area contributed by atoms with Crippen LogP contribution in [0.3, 0.4) is 0 Å². The fraction of sp³-hybridized carbons (Fsp3) is 0.273. The van der Waals surface area contributed by atoms with Crippen LogP contribution in [0.4, 0.5) is 0 Å². The second-order valence-corrected chi connectivity index (χ2v) is 9.22. The molecule has 8 heteroatoms. The molecule has 3 N–H and O–H groups in total. The molecule has 0 amide bonds. The molecule has 30 heavy (non-hydrogen) atoms. The molecular weight excluding hydrogens is 402 g/mol. The Morgan fingerprint density at radius 1 is 1.03 bits per heavy atom. The summed E-state index contributed by atoms with van der Waals surface area (Å²) in [5.74, 6) is 0.880. The first-order valence-electron chi connectivity index (χ1n) is 9.65. The number of nitrogens with two attached hydrogens (primary N) is 1. The molecule has 2 bridgehead atoms. The van der Waals surface area contributed by atoms with Gasteiger partial charge in [-0.2, -0.15) is 0 Å². The minimum absolute atomic E-state index is 0.00200. The quantitative estimate of drug-likeness (QED) is 0.649. The Morgan fingerprint density at radius 2 is 1.70 bits per heavy atom. The second kappa shape index (κ2) is 8.04. The third-order valence-electron chi connectivity index (χ3n) is 5.41. The minimum atomic E-state index is -3.72. The van der Waals surface area contributed by atoms with Crippen LogP contribution in [0, 0.1) is 0 Å². The van der Waals surface area contributed by atoms with E-state index in [-0.39, 0.29) is 29.5 Å². The number of fused-ring (bicyclic) bond motifs is 5. The number of phenols is 1. The van der Waals surface area contributed by atoms with Crippen molar-refractivity contribution in [2.24, 2.45) is 5.14 Å².